The fourth-order valence-electron chi connectivity index (χ4n) is 3.81. The summed E-state index contributed by atoms with van der Waals surface area (Å²) in [5, 5.41) is 18.5. The van der Waals surface area contributed by atoms with Gasteiger partial charge in [0.05, 0.1) is 11.1 Å². The first-order valence-corrected chi connectivity index (χ1v) is 11.1. The summed E-state index contributed by atoms with van der Waals surface area (Å²) in [5.41, 5.74) is 1.34. The highest BCUT2D eigenvalue weighted by Crippen LogP contribution is 2.21. The maximum absolute atomic E-state index is 11.4. The van der Waals surface area contributed by atoms with Gasteiger partial charge in [-0.1, -0.05) is 90.0 Å². The summed E-state index contributed by atoms with van der Waals surface area (Å²) in [6.45, 7) is 3.97. The molecule has 0 aliphatic carbocycles. The van der Waals surface area contributed by atoms with Crippen molar-refractivity contribution in [3.63, 3.8) is 0 Å². The predicted octanol–water partition coefficient (Wildman–Crippen LogP) is 7.03. The van der Waals surface area contributed by atoms with E-state index in [2.05, 4.69) is 6.92 Å². The van der Waals surface area contributed by atoms with Crippen molar-refractivity contribution in [3.05, 3.63) is 34.4 Å². The Bertz CT molecular complexity index is 607. The van der Waals surface area contributed by atoms with E-state index in [0.717, 1.165) is 24.8 Å². The van der Waals surface area contributed by atoms with Crippen molar-refractivity contribution < 1.29 is 19.8 Å². The molecule has 0 aliphatic rings. The number of carbonyl (C=O) groups is 2. The van der Waals surface area contributed by atoms with Crippen molar-refractivity contribution in [2.75, 3.05) is 0 Å². The van der Waals surface area contributed by atoms with Gasteiger partial charge in [-0.3, -0.25) is 0 Å². The van der Waals surface area contributed by atoms with Crippen molar-refractivity contribution in [2.24, 2.45) is 0 Å². The Hall–Kier alpha value is -1.84. The Morgan fingerprint density at radius 2 is 1.18 bits per heavy atom. The Morgan fingerprint density at radius 1 is 0.714 bits per heavy atom. The molecule has 0 saturated heterocycles. The SMILES string of the molecule is CCCCCCCCCCCCCCCc1ccc(C(=O)O)c(C(=O)O)c1C. The summed E-state index contributed by atoms with van der Waals surface area (Å²) in [7, 11) is 0. The molecule has 0 amide bonds. The number of hydrogen-bond donors (Lipinski definition) is 2. The van der Waals surface area contributed by atoms with Gasteiger partial charge in [0.15, 0.2) is 0 Å². The molecular formula is C24H38O4. The van der Waals surface area contributed by atoms with Crippen LogP contribution < -0.4 is 0 Å². The molecule has 28 heavy (non-hydrogen) atoms. The van der Waals surface area contributed by atoms with Gasteiger partial charge in [-0.15, -0.1) is 0 Å². The number of aromatic carboxylic acids is 2. The lowest BCUT2D eigenvalue weighted by atomic mass is 9.93. The van der Waals surface area contributed by atoms with Gasteiger partial charge in [-0.25, -0.2) is 9.59 Å². The van der Waals surface area contributed by atoms with E-state index in [0.29, 0.717) is 5.56 Å². The second-order valence-corrected chi connectivity index (χ2v) is 7.88. The van der Waals surface area contributed by atoms with Crippen molar-refractivity contribution in [1.29, 1.82) is 0 Å². The third-order valence-corrected chi connectivity index (χ3v) is 5.57. The number of carboxylic acid groups (broad SMARTS) is 2. The second-order valence-electron chi connectivity index (χ2n) is 7.88. The molecular weight excluding hydrogens is 352 g/mol. The van der Waals surface area contributed by atoms with E-state index in [1.807, 2.05) is 0 Å². The molecule has 0 fully saturated rings. The minimum atomic E-state index is -1.19. The van der Waals surface area contributed by atoms with Crippen LogP contribution in [0.1, 0.15) is 122 Å². The molecule has 0 aliphatic heterocycles. The lowest BCUT2D eigenvalue weighted by Gasteiger charge is -2.11. The van der Waals surface area contributed by atoms with E-state index >= 15 is 0 Å². The van der Waals surface area contributed by atoms with Gasteiger partial charge in [-0.2, -0.15) is 0 Å². The Balaban J connectivity index is 2.19. The fourth-order valence-corrected chi connectivity index (χ4v) is 3.81. The van der Waals surface area contributed by atoms with E-state index in [1.54, 1.807) is 13.0 Å². The van der Waals surface area contributed by atoms with Gasteiger partial charge >= 0.3 is 11.9 Å². The number of benzene rings is 1. The standard InChI is InChI=1S/C24H38O4/c1-3-4-5-6-7-8-9-10-11-12-13-14-15-16-20-17-18-21(23(25)26)22(19(20)2)24(27)28/h17-18H,3-16H2,1-2H3,(H,25,26)(H,27,28). The van der Waals surface area contributed by atoms with Crippen LogP contribution in [-0.4, -0.2) is 22.2 Å². The molecule has 0 spiro atoms. The smallest absolute Gasteiger partial charge is 0.336 e. The predicted molar refractivity (Wildman–Crippen MR) is 114 cm³/mol. The molecule has 0 saturated carbocycles. The molecule has 0 unspecified atom stereocenters. The number of hydrogen-bond acceptors (Lipinski definition) is 2. The van der Waals surface area contributed by atoms with Gasteiger partial charge < -0.3 is 10.2 Å². The summed E-state index contributed by atoms with van der Waals surface area (Å²) in [6.07, 6.45) is 17.7. The molecule has 2 N–H and O–H groups in total. The lowest BCUT2D eigenvalue weighted by molar-refractivity contribution is 0.0650. The Kier molecular flexibility index (Phi) is 12.3. The molecule has 1 aromatic carbocycles. The summed E-state index contributed by atoms with van der Waals surface area (Å²) >= 11 is 0. The van der Waals surface area contributed by atoms with Crippen molar-refractivity contribution in [3.8, 4) is 0 Å². The average Bonchev–Trinajstić information content (AvgIpc) is 2.65. The highest BCUT2D eigenvalue weighted by molar-refractivity contribution is 6.03. The largest absolute Gasteiger partial charge is 0.478 e. The van der Waals surface area contributed by atoms with Gasteiger partial charge in [-0.05, 0) is 37.0 Å². The van der Waals surface area contributed by atoms with Gasteiger partial charge in [0, 0.05) is 0 Å². The molecule has 0 bridgehead atoms. The summed E-state index contributed by atoms with van der Waals surface area (Å²) in [4.78, 5) is 22.6. The molecule has 0 aromatic heterocycles. The summed E-state index contributed by atoms with van der Waals surface area (Å²) < 4.78 is 0. The molecule has 0 heterocycles. The minimum Gasteiger partial charge on any atom is -0.478 e. The molecule has 158 valence electrons. The van der Waals surface area contributed by atoms with E-state index in [9.17, 15) is 14.7 Å². The van der Waals surface area contributed by atoms with Crippen molar-refractivity contribution >= 4 is 11.9 Å². The van der Waals surface area contributed by atoms with Crippen LogP contribution in [0.2, 0.25) is 0 Å². The number of unbranched alkanes of at least 4 members (excludes halogenated alkanes) is 12. The summed E-state index contributed by atoms with van der Waals surface area (Å²) in [6, 6.07) is 3.20. The molecule has 1 rings (SSSR count). The first-order chi connectivity index (χ1) is 13.5. The molecule has 0 radical (unpaired) electrons. The van der Waals surface area contributed by atoms with Crippen LogP contribution in [0.4, 0.5) is 0 Å². The van der Waals surface area contributed by atoms with Crippen LogP contribution >= 0.6 is 0 Å². The maximum atomic E-state index is 11.4. The van der Waals surface area contributed by atoms with Crippen LogP contribution in [0.25, 0.3) is 0 Å². The molecule has 4 nitrogen and oxygen atoms in total. The van der Waals surface area contributed by atoms with Gasteiger partial charge in [0.2, 0.25) is 0 Å². The van der Waals surface area contributed by atoms with Crippen molar-refractivity contribution in [1.82, 2.24) is 0 Å². The van der Waals surface area contributed by atoms with Crippen LogP contribution in [0.15, 0.2) is 12.1 Å². The molecule has 0 atom stereocenters. The van der Waals surface area contributed by atoms with Gasteiger partial charge in [0.25, 0.3) is 0 Å². The second kappa shape index (κ2) is 14.2. The highest BCUT2D eigenvalue weighted by Gasteiger charge is 2.20. The number of carboxylic acids is 2. The van der Waals surface area contributed by atoms with Crippen LogP contribution in [-0.2, 0) is 6.42 Å². The normalized spacial score (nSPS) is 10.9. The lowest BCUT2D eigenvalue weighted by Crippen LogP contribution is -2.12. The minimum absolute atomic E-state index is 0.0697. The van der Waals surface area contributed by atoms with Crippen molar-refractivity contribution in [2.45, 2.75) is 104 Å². The molecule has 1 aromatic rings. The molecule has 4 heteroatoms. The quantitative estimate of drug-likeness (QED) is 0.297. The average molecular weight is 391 g/mol. The Morgan fingerprint density at radius 3 is 1.61 bits per heavy atom. The Labute approximate surface area is 170 Å². The number of aryl methyl sites for hydroxylation is 1. The summed E-state index contributed by atoms with van der Waals surface area (Å²) in [5.74, 6) is -2.35. The van der Waals surface area contributed by atoms with E-state index < -0.39 is 11.9 Å². The zero-order valence-corrected chi connectivity index (χ0v) is 17.8. The van der Waals surface area contributed by atoms with Crippen LogP contribution in [0.5, 0.6) is 0 Å². The third kappa shape index (κ3) is 8.90. The third-order valence-electron chi connectivity index (χ3n) is 5.57. The zero-order chi connectivity index (χ0) is 20.8. The van der Waals surface area contributed by atoms with Crippen LogP contribution in [0, 0.1) is 6.92 Å². The monoisotopic (exact) mass is 390 g/mol. The van der Waals surface area contributed by atoms with E-state index in [1.165, 1.54) is 76.7 Å². The van der Waals surface area contributed by atoms with Crippen LogP contribution in [0.3, 0.4) is 0 Å². The first kappa shape index (κ1) is 24.2. The highest BCUT2D eigenvalue weighted by atomic mass is 16.4. The van der Waals surface area contributed by atoms with E-state index in [-0.39, 0.29) is 11.1 Å². The van der Waals surface area contributed by atoms with E-state index in [4.69, 9.17) is 5.11 Å². The fraction of sp³-hybridized carbons (Fsp3) is 0.667. The topological polar surface area (TPSA) is 74.6 Å². The number of rotatable bonds is 16. The maximum Gasteiger partial charge on any atom is 0.336 e. The zero-order valence-electron chi connectivity index (χ0n) is 17.8. The van der Waals surface area contributed by atoms with Gasteiger partial charge in [0.1, 0.15) is 0 Å². The first-order valence-electron chi connectivity index (χ1n) is 11.1.